The molecule has 0 aromatic carbocycles. The second-order valence-electron chi connectivity index (χ2n) is 9.55. The highest BCUT2D eigenvalue weighted by atomic mass is 35.5. The smallest absolute Gasteiger partial charge is 0.382 e. The molecule has 11 heteroatoms. The number of halogens is 4. The van der Waals surface area contributed by atoms with Crippen LogP contribution in [0.15, 0.2) is 30.5 Å². The first-order chi connectivity index (χ1) is 17.3. The summed E-state index contributed by atoms with van der Waals surface area (Å²) in [5.74, 6) is 2.05. The van der Waals surface area contributed by atoms with E-state index in [1.165, 1.54) is 0 Å². The van der Waals surface area contributed by atoms with E-state index in [1.54, 1.807) is 6.20 Å². The van der Waals surface area contributed by atoms with Crippen LogP contribution in [0.25, 0.3) is 11.3 Å². The number of hydrogen-bond donors (Lipinski definition) is 4. The summed E-state index contributed by atoms with van der Waals surface area (Å²) in [6.45, 7) is 1.98. The van der Waals surface area contributed by atoms with Crippen molar-refractivity contribution in [1.82, 2.24) is 15.3 Å². The first kappa shape index (κ1) is 26.9. The zero-order valence-corrected chi connectivity index (χ0v) is 20.8. The van der Waals surface area contributed by atoms with Crippen LogP contribution in [0.2, 0.25) is 5.02 Å². The number of nitrogens with one attached hydrogen (secondary N) is 3. The van der Waals surface area contributed by atoms with Gasteiger partial charge in [-0.25, -0.2) is 9.97 Å². The van der Waals surface area contributed by atoms with Gasteiger partial charge in [0.2, 0.25) is 0 Å². The van der Waals surface area contributed by atoms with Crippen LogP contribution >= 0.6 is 11.6 Å². The lowest BCUT2D eigenvalue weighted by Gasteiger charge is -2.31. The highest BCUT2D eigenvalue weighted by Crippen LogP contribution is 2.30. The molecule has 4 rings (SSSR count). The molecule has 3 heterocycles. The Kier molecular flexibility index (Phi) is 9.27. The van der Waals surface area contributed by atoms with Crippen LogP contribution in [0.5, 0.6) is 0 Å². The summed E-state index contributed by atoms with van der Waals surface area (Å²) in [5, 5.41) is 19.4. The van der Waals surface area contributed by atoms with Gasteiger partial charge in [-0.2, -0.15) is 13.2 Å². The maximum absolute atomic E-state index is 12.5. The van der Waals surface area contributed by atoms with Crippen molar-refractivity contribution in [3.8, 4) is 11.3 Å². The summed E-state index contributed by atoms with van der Waals surface area (Å²) >= 11 is 6.46. The molecule has 1 aliphatic carbocycles. The molecule has 2 fully saturated rings. The first-order valence-corrected chi connectivity index (χ1v) is 12.8. The van der Waals surface area contributed by atoms with E-state index >= 15 is 0 Å². The number of pyridine rings is 2. The summed E-state index contributed by atoms with van der Waals surface area (Å²) in [4.78, 5) is 9.16. The third-order valence-electron chi connectivity index (χ3n) is 6.85. The van der Waals surface area contributed by atoms with Crippen molar-refractivity contribution < 1.29 is 23.0 Å². The summed E-state index contributed by atoms with van der Waals surface area (Å²) in [5.41, 5.74) is 1.53. The molecule has 2 aromatic heterocycles. The highest BCUT2D eigenvalue weighted by molar-refractivity contribution is 6.33. The Balaban J connectivity index is 1.31. The van der Waals surface area contributed by atoms with Gasteiger partial charge in [-0.05, 0) is 62.6 Å². The molecule has 2 aliphatic rings. The summed E-state index contributed by atoms with van der Waals surface area (Å²) in [7, 11) is 0. The Morgan fingerprint density at radius 2 is 1.78 bits per heavy atom. The van der Waals surface area contributed by atoms with Gasteiger partial charge in [-0.15, -0.1) is 0 Å². The van der Waals surface area contributed by atoms with E-state index in [4.69, 9.17) is 21.3 Å². The fourth-order valence-corrected chi connectivity index (χ4v) is 4.84. The molecule has 0 spiro atoms. The lowest BCUT2D eigenvalue weighted by Crippen LogP contribution is -2.44. The molecule has 36 heavy (non-hydrogen) atoms. The van der Waals surface area contributed by atoms with Crippen molar-refractivity contribution in [2.45, 2.75) is 62.9 Å². The molecule has 7 nitrogen and oxygen atoms in total. The number of hydrogen-bond acceptors (Lipinski definition) is 7. The zero-order valence-electron chi connectivity index (χ0n) is 20.0. The fraction of sp³-hybridized carbons (Fsp3) is 0.600. The molecule has 1 aliphatic heterocycles. The number of anilines is 2. The largest absolute Gasteiger partial charge is 0.415 e. The minimum Gasteiger partial charge on any atom is -0.382 e. The Labute approximate surface area is 214 Å². The molecule has 0 unspecified atom stereocenters. The number of aliphatic hydroxyl groups is 1. The molecule has 2 aromatic rings. The molecule has 0 radical (unpaired) electrons. The van der Waals surface area contributed by atoms with E-state index in [1.807, 2.05) is 24.3 Å². The molecular formula is C25H33ClF3N5O2. The summed E-state index contributed by atoms with van der Waals surface area (Å²) in [6.07, 6.45) is -0.248. The topological polar surface area (TPSA) is 91.3 Å². The van der Waals surface area contributed by atoms with Crippen LogP contribution in [-0.4, -0.2) is 65.7 Å². The van der Waals surface area contributed by atoms with Crippen molar-refractivity contribution >= 4 is 23.2 Å². The monoisotopic (exact) mass is 527 g/mol. The van der Waals surface area contributed by atoms with Gasteiger partial charge >= 0.3 is 6.18 Å². The van der Waals surface area contributed by atoms with Crippen LogP contribution in [0.4, 0.5) is 24.8 Å². The van der Waals surface area contributed by atoms with Crippen LogP contribution in [0, 0.1) is 5.92 Å². The van der Waals surface area contributed by atoms with E-state index in [0.29, 0.717) is 29.6 Å². The van der Waals surface area contributed by atoms with Gasteiger partial charge in [-0.1, -0.05) is 17.7 Å². The average molecular weight is 528 g/mol. The van der Waals surface area contributed by atoms with Gasteiger partial charge in [0, 0.05) is 50.1 Å². The molecule has 1 atom stereocenters. The number of aromatic nitrogens is 2. The SMILES string of the molecule is O[C@@H](CNC1CCC(Nc2cc(-c3cccc(NCC4CCOCC4)n3)c(Cl)cn2)CC1)C(F)(F)F. The normalized spacial score (nSPS) is 22.2. The van der Waals surface area contributed by atoms with E-state index < -0.39 is 18.8 Å². The number of nitrogens with zero attached hydrogens (tertiary/aromatic N) is 2. The van der Waals surface area contributed by atoms with Gasteiger partial charge in [0.15, 0.2) is 6.10 Å². The predicted octanol–water partition coefficient (Wildman–Crippen LogP) is 4.87. The predicted molar refractivity (Wildman–Crippen MR) is 134 cm³/mol. The molecule has 0 amide bonds. The van der Waals surface area contributed by atoms with Crippen molar-refractivity contribution in [2.75, 3.05) is 36.9 Å². The summed E-state index contributed by atoms with van der Waals surface area (Å²) in [6, 6.07) is 7.79. The van der Waals surface area contributed by atoms with Crippen LogP contribution in [-0.2, 0) is 4.74 Å². The van der Waals surface area contributed by atoms with Crippen molar-refractivity contribution in [1.29, 1.82) is 0 Å². The van der Waals surface area contributed by atoms with Crippen molar-refractivity contribution in [3.63, 3.8) is 0 Å². The second-order valence-corrected chi connectivity index (χ2v) is 9.96. The molecule has 1 saturated heterocycles. The third kappa shape index (κ3) is 7.68. The standard InChI is InChI=1S/C25H33ClF3N5O2/c26-20-14-32-24(33-18-6-4-17(5-7-18)30-15-22(35)25(27,28)29)12-19(20)21-2-1-3-23(34-21)31-13-16-8-10-36-11-9-16/h1-3,12,14,16-18,22,30,35H,4-11,13,15H2,(H,31,34)(H,32,33)/t17?,18?,22-/m0/s1. The number of rotatable bonds is 9. The molecule has 1 saturated carbocycles. The lowest BCUT2D eigenvalue weighted by atomic mass is 9.91. The minimum atomic E-state index is -4.60. The van der Waals surface area contributed by atoms with Gasteiger partial charge in [0.25, 0.3) is 0 Å². The van der Waals surface area contributed by atoms with E-state index in [2.05, 4.69) is 20.9 Å². The van der Waals surface area contributed by atoms with Crippen LogP contribution in [0.1, 0.15) is 38.5 Å². The maximum atomic E-state index is 12.5. The molecule has 198 valence electrons. The Morgan fingerprint density at radius 3 is 2.50 bits per heavy atom. The average Bonchev–Trinajstić information content (AvgIpc) is 2.88. The number of ether oxygens (including phenoxy) is 1. The minimum absolute atomic E-state index is 0.0469. The quantitative estimate of drug-likeness (QED) is 0.370. The Bertz CT molecular complexity index is 982. The van der Waals surface area contributed by atoms with Gasteiger partial charge < -0.3 is 25.8 Å². The third-order valence-corrected chi connectivity index (χ3v) is 7.15. The van der Waals surface area contributed by atoms with Crippen LogP contribution < -0.4 is 16.0 Å². The highest BCUT2D eigenvalue weighted by Gasteiger charge is 2.38. The zero-order chi connectivity index (χ0) is 25.5. The van der Waals surface area contributed by atoms with Gasteiger partial charge in [-0.3, -0.25) is 0 Å². The van der Waals surface area contributed by atoms with Crippen LogP contribution in [0.3, 0.4) is 0 Å². The van der Waals surface area contributed by atoms with Gasteiger partial charge in [0.05, 0.1) is 10.7 Å². The molecule has 4 N–H and O–H groups in total. The molecule has 0 bridgehead atoms. The molecular weight excluding hydrogens is 495 g/mol. The van der Waals surface area contributed by atoms with Crippen molar-refractivity contribution in [3.05, 3.63) is 35.5 Å². The van der Waals surface area contributed by atoms with E-state index in [0.717, 1.165) is 62.5 Å². The Hall–Kier alpha value is -2.14. The lowest BCUT2D eigenvalue weighted by molar-refractivity contribution is -0.202. The van der Waals surface area contributed by atoms with E-state index in [9.17, 15) is 18.3 Å². The second kappa shape index (κ2) is 12.4. The Morgan fingerprint density at radius 1 is 1.06 bits per heavy atom. The van der Waals surface area contributed by atoms with Crippen molar-refractivity contribution in [2.24, 2.45) is 5.92 Å². The first-order valence-electron chi connectivity index (χ1n) is 12.5. The fourth-order valence-electron chi connectivity index (χ4n) is 4.64. The number of alkyl halides is 3. The van der Waals surface area contributed by atoms with E-state index in [-0.39, 0.29) is 12.1 Å². The maximum Gasteiger partial charge on any atom is 0.415 e. The summed E-state index contributed by atoms with van der Waals surface area (Å²) < 4.78 is 42.9. The van der Waals surface area contributed by atoms with Gasteiger partial charge in [0.1, 0.15) is 11.6 Å². The number of aliphatic hydroxyl groups excluding tert-OH is 1.